The van der Waals surface area contributed by atoms with Gasteiger partial charge in [-0.1, -0.05) is 19.3 Å². The van der Waals surface area contributed by atoms with Crippen LogP contribution >= 0.6 is 0 Å². The Hall–Kier alpha value is -1.10. The van der Waals surface area contributed by atoms with Crippen LogP contribution in [-0.2, 0) is 9.59 Å². The van der Waals surface area contributed by atoms with Crippen molar-refractivity contribution in [3.8, 4) is 0 Å². The third kappa shape index (κ3) is 4.82. The van der Waals surface area contributed by atoms with Gasteiger partial charge in [0.05, 0.1) is 13.1 Å². The van der Waals surface area contributed by atoms with E-state index in [2.05, 4.69) is 10.6 Å². The first kappa shape index (κ1) is 14.3. The lowest BCUT2D eigenvalue weighted by Gasteiger charge is -2.23. The smallest absolute Gasteiger partial charge is 0.236 e. The zero-order valence-corrected chi connectivity index (χ0v) is 11.6. The molecule has 2 N–H and O–H groups in total. The van der Waals surface area contributed by atoms with E-state index in [4.69, 9.17) is 0 Å². The molecule has 1 saturated carbocycles. The van der Waals surface area contributed by atoms with Crippen LogP contribution in [0.5, 0.6) is 0 Å². The Labute approximate surface area is 115 Å². The summed E-state index contributed by atoms with van der Waals surface area (Å²) in [6.07, 6.45) is 8.12. The van der Waals surface area contributed by atoms with Gasteiger partial charge >= 0.3 is 0 Å². The second kappa shape index (κ2) is 7.48. The van der Waals surface area contributed by atoms with Crippen LogP contribution in [0, 0.1) is 0 Å². The number of carbonyl (C=O) groups excluding carboxylic acids is 2. The van der Waals surface area contributed by atoms with Gasteiger partial charge in [-0.05, 0) is 25.7 Å². The van der Waals surface area contributed by atoms with E-state index in [1.807, 2.05) is 4.90 Å². The van der Waals surface area contributed by atoms with E-state index in [0.717, 1.165) is 38.8 Å². The third-order valence-electron chi connectivity index (χ3n) is 3.99. The molecular formula is C14H25N3O2. The molecular weight excluding hydrogens is 242 g/mol. The molecule has 0 atom stereocenters. The molecule has 0 aromatic rings. The zero-order valence-electron chi connectivity index (χ0n) is 11.6. The Morgan fingerprint density at radius 3 is 2.32 bits per heavy atom. The van der Waals surface area contributed by atoms with E-state index in [1.54, 1.807) is 0 Å². The van der Waals surface area contributed by atoms with Crippen molar-refractivity contribution < 1.29 is 9.59 Å². The number of rotatable bonds is 5. The van der Waals surface area contributed by atoms with Gasteiger partial charge in [-0.25, -0.2) is 0 Å². The van der Waals surface area contributed by atoms with Crippen LogP contribution in [0.15, 0.2) is 0 Å². The lowest BCUT2D eigenvalue weighted by molar-refractivity contribution is -0.129. The minimum absolute atomic E-state index is 0.0149. The highest BCUT2D eigenvalue weighted by Crippen LogP contribution is 2.17. The fourth-order valence-corrected chi connectivity index (χ4v) is 2.89. The predicted octanol–water partition coefficient (Wildman–Crippen LogP) is 0.647. The Bertz CT molecular complexity index is 308. The van der Waals surface area contributed by atoms with Crippen LogP contribution in [0.2, 0.25) is 0 Å². The van der Waals surface area contributed by atoms with Crippen molar-refractivity contribution in [1.82, 2.24) is 15.5 Å². The molecule has 0 spiro atoms. The molecule has 2 aliphatic rings. The van der Waals surface area contributed by atoms with Gasteiger partial charge in [0.15, 0.2) is 0 Å². The Morgan fingerprint density at radius 2 is 1.63 bits per heavy atom. The summed E-state index contributed by atoms with van der Waals surface area (Å²) in [5.41, 5.74) is 0. The van der Waals surface area contributed by atoms with Crippen molar-refractivity contribution in [3.63, 3.8) is 0 Å². The maximum atomic E-state index is 11.7. The maximum Gasteiger partial charge on any atom is 0.236 e. The van der Waals surface area contributed by atoms with Gasteiger partial charge in [0, 0.05) is 19.1 Å². The summed E-state index contributed by atoms with van der Waals surface area (Å²) in [5, 5.41) is 5.98. The zero-order chi connectivity index (χ0) is 13.5. The number of carbonyl (C=O) groups is 2. The number of likely N-dealkylation sites (tertiary alicyclic amines) is 1. The number of nitrogens with zero attached hydrogens (tertiary/aromatic N) is 1. The Kier molecular flexibility index (Phi) is 5.63. The fraction of sp³-hybridized carbons (Fsp3) is 0.857. The summed E-state index contributed by atoms with van der Waals surface area (Å²) in [4.78, 5) is 25.3. The first-order valence-corrected chi connectivity index (χ1v) is 7.53. The quantitative estimate of drug-likeness (QED) is 0.769. The molecule has 5 nitrogen and oxygen atoms in total. The molecule has 1 saturated heterocycles. The molecule has 0 bridgehead atoms. The van der Waals surface area contributed by atoms with Crippen LogP contribution in [0.25, 0.3) is 0 Å². The molecule has 0 radical (unpaired) electrons. The van der Waals surface area contributed by atoms with Gasteiger partial charge in [0.2, 0.25) is 11.8 Å². The summed E-state index contributed by atoms with van der Waals surface area (Å²) in [7, 11) is 0. The summed E-state index contributed by atoms with van der Waals surface area (Å²) in [6.45, 7) is 2.26. The van der Waals surface area contributed by atoms with Crippen molar-refractivity contribution in [1.29, 1.82) is 0 Å². The second-order valence-corrected chi connectivity index (χ2v) is 5.59. The average molecular weight is 267 g/mol. The first-order valence-electron chi connectivity index (χ1n) is 7.53. The predicted molar refractivity (Wildman–Crippen MR) is 73.7 cm³/mol. The number of amides is 2. The van der Waals surface area contributed by atoms with Gasteiger partial charge < -0.3 is 10.2 Å². The second-order valence-electron chi connectivity index (χ2n) is 5.59. The standard InChI is InChI=1S/C14H25N3O2/c18-13(16-12-6-2-1-3-7-12)10-15-11-14(19)17-8-4-5-9-17/h12,15H,1-11H2,(H,16,18). The van der Waals surface area contributed by atoms with Gasteiger partial charge in [-0.2, -0.15) is 0 Å². The van der Waals surface area contributed by atoms with Crippen molar-refractivity contribution >= 4 is 11.8 Å². The number of hydrogen-bond donors (Lipinski definition) is 2. The van der Waals surface area contributed by atoms with E-state index < -0.39 is 0 Å². The van der Waals surface area contributed by atoms with E-state index in [9.17, 15) is 9.59 Å². The molecule has 0 aromatic heterocycles. The largest absolute Gasteiger partial charge is 0.352 e. The molecule has 0 unspecified atom stereocenters. The number of nitrogens with one attached hydrogen (secondary N) is 2. The molecule has 0 aromatic carbocycles. The summed E-state index contributed by atoms with van der Waals surface area (Å²) >= 11 is 0. The SMILES string of the molecule is O=C(CNCC(=O)N1CCCC1)NC1CCCCC1. The van der Waals surface area contributed by atoms with E-state index in [0.29, 0.717) is 6.04 Å². The van der Waals surface area contributed by atoms with Crippen LogP contribution < -0.4 is 10.6 Å². The molecule has 5 heteroatoms. The highest BCUT2D eigenvalue weighted by molar-refractivity contribution is 5.81. The van der Waals surface area contributed by atoms with Gasteiger partial charge in [0.25, 0.3) is 0 Å². The fourth-order valence-electron chi connectivity index (χ4n) is 2.89. The summed E-state index contributed by atoms with van der Waals surface area (Å²) < 4.78 is 0. The van der Waals surface area contributed by atoms with Gasteiger partial charge in [0.1, 0.15) is 0 Å². The van der Waals surface area contributed by atoms with Crippen molar-refractivity contribution in [3.05, 3.63) is 0 Å². The molecule has 108 valence electrons. The molecule has 2 rings (SSSR count). The van der Waals surface area contributed by atoms with Crippen molar-refractivity contribution in [2.24, 2.45) is 0 Å². The Morgan fingerprint density at radius 1 is 0.947 bits per heavy atom. The molecule has 19 heavy (non-hydrogen) atoms. The van der Waals surface area contributed by atoms with Crippen LogP contribution in [0.3, 0.4) is 0 Å². The normalized spacial score (nSPS) is 20.5. The first-order chi connectivity index (χ1) is 9.25. The van der Waals surface area contributed by atoms with Crippen LogP contribution in [0.1, 0.15) is 44.9 Å². The van der Waals surface area contributed by atoms with Gasteiger partial charge in [-0.15, -0.1) is 0 Å². The molecule has 1 aliphatic carbocycles. The van der Waals surface area contributed by atoms with E-state index in [-0.39, 0.29) is 24.9 Å². The lowest BCUT2D eigenvalue weighted by Crippen LogP contribution is -2.44. The summed E-state index contributed by atoms with van der Waals surface area (Å²) in [5.74, 6) is 0.129. The van der Waals surface area contributed by atoms with E-state index in [1.165, 1.54) is 19.3 Å². The Balaban J connectivity index is 1.56. The molecule has 1 aliphatic heterocycles. The lowest BCUT2D eigenvalue weighted by atomic mass is 9.95. The van der Waals surface area contributed by atoms with Gasteiger partial charge in [-0.3, -0.25) is 14.9 Å². The molecule has 2 fully saturated rings. The maximum absolute atomic E-state index is 11.7. The highest BCUT2D eigenvalue weighted by Gasteiger charge is 2.18. The summed E-state index contributed by atoms with van der Waals surface area (Å²) in [6, 6.07) is 0.345. The minimum atomic E-state index is 0.0149. The van der Waals surface area contributed by atoms with Crippen LogP contribution in [0.4, 0.5) is 0 Å². The van der Waals surface area contributed by atoms with E-state index >= 15 is 0 Å². The third-order valence-corrected chi connectivity index (χ3v) is 3.99. The monoisotopic (exact) mass is 267 g/mol. The van der Waals surface area contributed by atoms with Crippen molar-refractivity contribution in [2.45, 2.75) is 51.0 Å². The molecule has 2 amide bonds. The van der Waals surface area contributed by atoms with Crippen molar-refractivity contribution in [2.75, 3.05) is 26.2 Å². The highest BCUT2D eigenvalue weighted by atomic mass is 16.2. The topological polar surface area (TPSA) is 61.4 Å². The van der Waals surface area contributed by atoms with Crippen LogP contribution in [-0.4, -0.2) is 48.9 Å². The minimum Gasteiger partial charge on any atom is -0.352 e. The number of hydrogen-bond acceptors (Lipinski definition) is 3. The molecule has 1 heterocycles. The average Bonchev–Trinajstić information content (AvgIpc) is 2.93.